The molecule has 0 spiro atoms. The first-order valence-corrected chi connectivity index (χ1v) is 14.5. The zero-order valence-electron chi connectivity index (χ0n) is 21.5. The number of methoxy groups -OCH3 is 1. The lowest BCUT2D eigenvalue weighted by molar-refractivity contribution is -0.121. The number of carbonyl (C=O) groups excluding carboxylic acids is 1. The van der Waals surface area contributed by atoms with Crippen molar-refractivity contribution in [1.29, 1.82) is 0 Å². The van der Waals surface area contributed by atoms with E-state index in [-0.39, 0.29) is 35.6 Å². The molecule has 2 fully saturated rings. The molecule has 3 aromatic rings. The number of rotatable bonds is 8. The Hall–Kier alpha value is -3.03. The van der Waals surface area contributed by atoms with Crippen LogP contribution in [0.25, 0.3) is 11.4 Å². The second-order valence-corrected chi connectivity index (χ2v) is 11.8. The fraction of sp³-hybridized carbons (Fsp3) is 0.423. The number of likely N-dealkylation sites (tertiary alicyclic amines) is 1. The van der Waals surface area contributed by atoms with Crippen LogP contribution in [-0.2, 0) is 26.1 Å². The maximum absolute atomic E-state index is 13.3. The summed E-state index contributed by atoms with van der Waals surface area (Å²) < 4.78 is 44.0. The first kappa shape index (κ1) is 27.5. The number of amides is 1. The molecule has 2 aromatic carbocycles. The molecule has 0 aliphatic carbocycles. The van der Waals surface area contributed by atoms with Crippen LogP contribution in [0.3, 0.4) is 0 Å². The van der Waals surface area contributed by atoms with E-state index < -0.39 is 10.0 Å². The first-order chi connectivity index (χ1) is 18.8. The summed E-state index contributed by atoms with van der Waals surface area (Å²) in [6.07, 6.45) is 1.54. The minimum atomic E-state index is -3.81. The minimum absolute atomic E-state index is 0.0156. The molecule has 1 aromatic heterocycles. The molecular weight excluding hydrogens is 546 g/mol. The molecule has 208 valence electrons. The number of aromatic nitrogens is 2. The molecule has 2 aliphatic rings. The van der Waals surface area contributed by atoms with Crippen LogP contribution >= 0.6 is 11.6 Å². The highest BCUT2D eigenvalue weighted by Gasteiger charge is 2.31. The molecule has 2 aliphatic heterocycles. The summed E-state index contributed by atoms with van der Waals surface area (Å²) in [6, 6.07) is 11.9. The molecule has 0 bridgehead atoms. The van der Waals surface area contributed by atoms with Crippen LogP contribution in [0.1, 0.15) is 18.7 Å². The van der Waals surface area contributed by atoms with Gasteiger partial charge in [0.05, 0.1) is 32.8 Å². The molecule has 1 atom stereocenters. The number of morpholine rings is 1. The van der Waals surface area contributed by atoms with Gasteiger partial charge >= 0.3 is 0 Å². The van der Waals surface area contributed by atoms with Crippen LogP contribution in [0.4, 0.5) is 5.69 Å². The Morgan fingerprint density at radius 1 is 1.18 bits per heavy atom. The number of piperidine rings is 1. The van der Waals surface area contributed by atoms with E-state index in [0.717, 1.165) is 24.9 Å². The summed E-state index contributed by atoms with van der Waals surface area (Å²) in [7, 11) is -2.39. The lowest BCUT2D eigenvalue weighted by Crippen LogP contribution is -2.41. The number of hydrogen-bond donors (Lipinski definition) is 1. The predicted octanol–water partition coefficient (Wildman–Crippen LogP) is 3.27. The van der Waals surface area contributed by atoms with Gasteiger partial charge in [-0.05, 0) is 49.7 Å². The maximum atomic E-state index is 13.3. The van der Waals surface area contributed by atoms with E-state index in [4.69, 9.17) is 25.6 Å². The predicted molar refractivity (Wildman–Crippen MR) is 144 cm³/mol. The summed E-state index contributed by atoms with van der Waals surface area (Å²) in [5.41, 5.74) is 1.16. The van der Waals surface area contributed by atoms with E-state index in [0.29, 0.717) is 48.7 Å². The fourth-order valence-electron chi connectivity index (χ4n) is 4.79. The number of sulfonamides is 1. The van der Waals surface area contributed by atoms with Crippen molar-refractivity contribution in [1.82, 2.24) is 19.3 Å². The average molecular weight is 576 g/mol. The standard InChI is InChI=1S/C26H30ClN5O6S/c1-36-22-8-7-21(15-23(22)39(34,35)32-10-12-37-13-11-32)28-26(33)19-5-3-9-31(16-19)17-24-29-25(30-38-24)18-4-2-6-20(27)14-18/h2,4,6-8,14-15,19H,3,5,9-13,16-17H2,1H3,(H,28,33). The second-order valence-electron chi connectivity index (χ2n) is 9.47. The number of carbonyl (C=O) groups is 1. The van der Waals surface area contributed by atoms with Gasteiger partial charge in [-0.2, -0.15) is 9.29 Å². The van der Waals surface area contributed by atoms with Crippen LogP contribution in [0.15, 0.2) is 51.9 Å². The van der Waals surface area contributed by atoms with Crippen molar-refractivity contribution in [3.8, 4) is 17.1 Å². The van der Waals surface area contributed by atoms with Gasteiger partial charge in [-0.15, -0.1) is 0 Å². The topological polar surface area (TPSA) is 127 Å². The Kier molecular flexibility index (Phi) is 8.48. The highest BCUT2D eigenvalue weighted by Crippen LogP contribution is 2.31. The highest BCUT2D eigenvalue weighted by atomic mass is 35.5. The second kappa shape index (κ2) is 12.0. The van der Waals surface area contributed by atoms with Gasteiger partial charge in [0.2, 0.25) is 27.6 Å². The van der Waals surface area contributed by atoms with E-state index in [1.807, 2.05) is 12.1 Å². The SMILES string of the molecule is COc1ccc(NC(=O)C2CCCN(Cc3nc(-c4cccc(Cl)c4)no3)C2)cc1S(=O)(=O)N1CCOCC1. The molecular formula is C26H30ClN5O6S. The van der Waals surface area contributed by atoms with Crippen LogP contribution in [-0.4, -0.2) is 80.2 Å². The van der Waals surface area contributed by atoms with Crippen molar-refractivity contribution in [2.24, 2.45) is 5.92 Å². The van der Waals surface area contributed by atoms with Gasteiger partial charge in [0, 0.05) is 35.9 Å². The number of hydrogen-bond acceptors (Lipinski definition) is 9. The van der Waals surface area contributed by atoms with Crippen LogP contribution in [0, 0.1) is 5.92 Å². The molecule has 0 radical (unpaired) electrons. The molecule has 11 nitrogen and oxygen atoms in total. The van der Waals surface area contributed by atoms with E-state index in [1.54, 1.807) is 24.3 Å². The summed E-state index contributed by atoms with van der Waals surface area (Å²) >= 11 is 6.07. The normalized spacial score (nSPS) is 19.1. The van der Waals surface area contributed by atoms with Gasteiger partial charge in [0.15, 0.2) is 0 Å². The minimum Gasteiger partial charge on any atom is -0.495 e. The Bertz CT molecular complexity index is 1430. The van der Waals surface area contributed by atoms with Crippen LogP contribution in [0.5, 0.6) is 5.75 Å². The van der Waals surface area contributed by atoms with Gasteiger partial charge in [-0.3, -0.25) is 9.69 Å². The molecule has 1 unspecified atom stereocenters. The third-order valence-electron chi connectivity index (χ3n) is 6.81. The van der Waals surface area contributed by atoms with Crippen LogP contribution < -0.4 is 10.1 Å². The zero-order chi connectivity index (χ0) is 27.4. The highest BCUT2D eigenvalue weighted by molar-refractivity contribution is 7.89. The molecule has 0 saturated carbocycles. The molecule has 1 N–H and O–H groups in total. The maximum Gasteiger partial charge on any atom is 0.246 e. The van der Waals surface area contributed by atoms with Gasteiger partial charge in [0.25, 0.3) is 0 Å². The van der Waals surface area contributed by atoms with Gasteiger partial charge in [0.1, 0.15) is 10.6 Å². The van der Waals surface area contributed by atoms with Crippen molar-refractivity contribution in [3.63, 3.8) is 0 Å². The van der Waals surface area contributed by atoms with Crippen molar-refractivity contribution >= 4 is 33.2 Å². The van der Waals surface area contributed by atoms with E-state index >= 15 is 0 Å². The quantitative estimate of drug-likeness (QED) is 0.430. The summed E-state index contributed by atoms with van der Waals surface area (Å²) in [5, 5.41) is 7.55. The molecule has 13 heteroatoms. The Balaban J connectivity index is 1.24. The fourth-order valence-corrected chi connectivity index (χ4v) is 6.57. The van der Waals surface area contributed by atoms with Crippen molar-refractivity contribution in [3.05, 3.63) is 53.4 Å². The number of nitrogens with zero attached hydrogens (tertiary/aromatic N) is 4. The summed E-state index contributed by atoms with van der Waals surface area (Å²) in [5.74, 6) is 0.681. The van der Waals surface area contributed by atoms with Crippen molar-refractivity contribution in [2.75, 3.05) is 51.8 Å². The average Bonchev–Trinajstić information content (AvgIpc) is 3.42. The molecule has 3 heterocycles. The van der Waals surface area contributed by atoms with E-state index in [9.17, 15) is 13.2 Å². The lowest BCUT2D eigenvalue weighted by atomic mass is 9.97. The smallest absolute Gasteiger partial charge is 0.246 e. The number of ether oxygens (including phenoxy) is 2. The molecule has 39 heavy (non-hydrogen) atoms. The van der Waals surface area contributed by atoms with Gasteiger partial charge < -0.3 is 19.3 Å². The van der Waals surface area contributed by atoms with Gasteiger partial charge in [-0.1, -0.05) is 28.9 Å². The monoisotopic (exact) mass is 575 g/mol. The van der Waals surface area contributed by atoms with Crippen molar-refractivity contribution in [2.45, 2.75) is 24.3 Å². The summed E-state index contributed by atoms with van der Waals surface area (Å²) in [4.78, 5) is 19.8. The van der Waals surface area contributed by atoms with Crippen molar-refractivity contribution < 1.29 is 27.2 Å². The molecule has 2 saturated heterocycles. The van der Waals surface area contributed by atoms with E-state index in [2.05, 4.69) is 20.4 Å². The Morgan fingerprint density at radius 3 is 2.77 bits per heavy atom. The number of halogens is 1. The van der Waals surface area contributed by atoms with E-state index in [1.165, 1.54) is 17.5 Å². The molecule has 5 rings (SSSR count). The third kappa shape index (κ3) is 6.42. The number of benzene rings is 2. The Morgan fingerprint density at radius 2 is 2.00 bits per heavy atom. The Labute approximate surface area is 232 Å². The zero-order valence-corrected chi connectivity index (χ0v) is 23.1. The summed E-state index contributed by atoms with van der Waals surface area (Å²) in [6.45, 7) is 2.92. The largest absolute Gasteiger partial charge is 0.495 e. The number of anilines is 1. The number of nitrogens with one attached hydrogen (secondary N) is 1. The third-order valence-corrected chi connectivity index (χ3v) is 8.96. The molecule has 1 amide bonds. The first-order valence-electron chi connectivity index (χ1n) is 12.7. The van der Waals surface area contributed by atoms with Crippen LogP contribution in [0.2, 0.25) is 5.02 Å². The van der Waals surface area contributed by atoms with Gasteiger partial charge in [-0.25, -0.2) is 8.42 Å². The lowest BCUT2D eigenvalue weighted by Gasteiger charge is -2.31.